The summed E-state index contributed by atoms with van der Waals surface area (Å²) in [7, 11) is 1.58. The summed E-state index contributed by atoms with van der Waals surface area (Å²) in [5.74, 6) is 0.680. The predicted octanol–water partition coefficient (Wildman–Crippen LogP) is 5.23. The van der Waals surface area contributed by atoms with E-state index < -0.39 is 0 Å². The van der Waals surface area contributed by atoms with Crippen LogP contribution in [-0.4, -0.2) is 18.1 Å². The topological polar surface area (TPSA) is 63.2 Å². The molecule has 0 spiro atoms. The van der Waals surface area contributed by atoms with Crippen molar-refractivity contribution in [1.29, 1.82) is 0 Å². The predicted molar refractivity (Wildman–Crippen MR) is 101 cm³/mol. The number of rotatable bonds is 4. The number of hydrogen-bond donors (Lipinski definition) is 2. The molecule has 2 N–H and O–H groups in total. The fourth-order valence-corrected chi connectivity index (χ4v) is 3.02. The average molecular weight is 404 g/mol. The maximum absolute atomic E-state index is 12.1. The van der Waals surface area contributed by atoms with Crippen LogP contribution in [0.25, 0.3) is 11.3 Å². The molecular formula is C17H14BrN3O2S. The number of benzene rings is 2. The van der Waals surface area contributed by atoms with Crippen LogP contribution in [0.15, 0.2) is 58.4 Å². The monoisotopic (exact) mass is 403 g/mol. The first kappa shape index (κ1) is 16.5. The van der Waals surface area contributed by atoms with Gasteiger partial charge in [0, 0.05) is 27.2 Å². The number of amides is 2. The van der Waals surface area contributed by atoms with Crippen molar-refractivity contribution < 1.29 is 9.53 Å². The highest BCUT2D eigenvalue weighted by Crippen LogP contribution is 2.26. The van der Waals surface area contributed by atoms with Gasteiger partial charge >= 0.3 is 6.03 Å². The van der Waals surface area contributed by atoms with Gasteiger partial charge in [-0.25, -0.2) is 9.78 Å². The van der Waals surface area contributed by atoms with Crippen LogP contribution in [-0.2, 0) is 0 Å². The van der Waals surface area contributed by atoms with Gasteiger partial charge in [-0.3, -0.25) is 5.32 Å². The van der Waals surface area contributed by atoms with E-state index in [-0.39, 0.29) is 6.03 Å². The molecule has 0 unspecified atom stereocenters. The molecule has 0 bridgehead atoms. The van der Waals surface area contributed by atoms with Gasteiger partial charge in [-0.05, 0) is 24.3 Å². The summed E-state index contributed by atoms with van der Waals surface area (Å²) in [6.07, 6.45) is 0. The maximum atomic E-state index is 12.1. The van der Waals surface area contributed by atoms with E-state index in [1.54, 1.807) is 19.2 Å². The number of halogens is 1. The molecule has 3 rings (SSSR count). The van der Waals surface area contributed by atoms with Crippen molar-refractivity contribution in [3.05, 3.63) is 58.4 Å². The van der Waals surface area contributed by atoms with Gasteiger partial charge in [-0.1, -0.05) is 34.1 Å². The van der Waals surface area contributed by atoms with Gasteiger partial charge in [0.15, 0.2) is 5.13 Å². The summed E-state index contributed by atoms with van der Waals surface area (Å²) in [6, 6.07) is 14.7. The quantitative estimate of drug-likeness (QED) is 0.626. The molecule has 1 aromatic heterocycles. The Hall–Kier alpha value is -2.38. The van der Waals surface area contributed by atoms with Crippen LogP contribution in [0.4, 0.5) is 15.6 Å². The van der Waals surface area contributed by atoms with Gasteiger partial charge < -0.3 is 10.1 Å². The molecule has 0 aliphatic heterocycles. The highest BCUT2D eigenvalue weighted by molar-refractivity contribution is 9.10. The number of methoxy groups -OCH3 is 1. The molecule has 0 radical (unpaired) electrons. The van der Waals surface area contributed by atoms with Gasteiger partial charge in [0.1, 0.15) is 5.75 Å². The van der Waals surface area contributed by atoms with Crippen LogP contribution in [0.1, 0.15) is 0 Å². The van der Waals surface area contributed by atoms with Gasteiger partial charge in [-0.2, -0.15) is 0 Å². The summed E-state index contributed by atoms with van der Waals surface area (Å²) in [4.78, 5) is 16.5. The van der Waals surface area contributed by atoms with Crippen LogP contribution in [0.2, 0.25) is 0 Å². The minimum atomic E-state index is -0.347. The van der Waals surface area contributed by atoms with Gasteiger partial charge in [0.2, 0.25) is 0 Å². The number of carbonyl (C=O) groups is 1. The number of nitrogens with one attached hydrogen (secondary N) is 2. The van der Waals surface area contributed by atoms with E-state index in [9.17, 15) is 4.79 Å². The molecule has 0 aliphatic rings. The maximum Gasteiger partial charge on any atom is 0.325 e. The van der Waals surface area contributed by atoms with E-state index in [1.807, 2.05) is 41.8 Å². The molecule has 24 heavy (non-hydrogen) atoms. The fourth-order valence-electron chi connectivity index (χ4n) is 2.04. The third-order valence-electron chi connectivity index (χ3n) is 3.19. The molecule has 0 atom stereocenters. The molecular weight excluding hydrogens is 390 g/mol. The molecule has 5 nitrogen and oxygen atoms in total. The molecule has 0 aliphatic carbocycles. The zero-order valence-electron chi connectivity index (χ0n) is 12.7. The van der Waals surface area contributed by atoms with Crippen molar-refractivity contribution in [2.45, 2.75) is 0 Å². The summed E-state index contributed by atoms with van der Waals surface area (Å²) in [6.45, 7) is 0. The van der Waals surface area contributed by atoms with Crippen molar-refractivity contribution >= 4 is 44.1 Å². The Kier molecular flexibility index (Phi) is 5.12. The number of urea groups is 1. The molecule has 2 aromatic carbocycles. The largest absolute Gasteiger partial charge is 0.497 e. The van der Waals surface area contributed by atoms with Crippen molar-refractivity contribution in [1.82, 2.24) is 4.98 Å². The molecule has 0 fully saturated rings. The van der Waals surface area contributed by atoms with E-state index in [4.69, 9.17) is 4.74 Å². The zero-order chi connectivity index (χ0) is 16.9. The van der Waals surface area contributed by atoms with Gasteiger partial charge in [0.25, 0.3) is 0 Å². The number of nitrogens with zero attached hydrogens (tertiary/aromatic N) is 1. The SMILES string of the molecule is COc1cccc(NC(=O)Nc2nc(-c3ccc(Br)cc3)cs2)c1. The van der Waals surface area contributed by atoms with Crippen molar-refractivity contribution in [2.24, 2.45) is 0 Å². The number of thiazole rings is 1. The number of hydrogen-bond acceptors (Lipinski definition) is 4. The van der Waals surface area contributed by atoms with E-state index >= 15 is 0 Å². The lowest BCUT2D eigenvalue weighted by Gasteiger charge is -2.06. The summed E-state index contributed by atoms with van der Waals surface area (Å²) >= 11 is 4.78. The Balaban J connectivity index is 1.65. The minimum Gasteiger partial charge on any atom is -0.497 e. The average Bonchev–Trinajstić information content (AvgIpc) is 3.04. The second kappa shape index (κ2) is 7.46. The lowest BCUT2D eigenvalue weighted by molar-refractivity contribution is 0.262. The Labute approximate surface area is 151 Å². The van der Waals surface area contributed by atoms with Crippen LogP contribution >= 0.6 is 27.3 Å². The first-order valence-corrected chi connectivity index (χ1v) is 8.75. The number of carbonyl (C=O) groups excluding carboxylic acids is 1. The second-order valence-electron chi connectivity index (χ2n) is 4.86. The first-order valence-electron chi connectivity index (χ1n) is 7.07. The Morgan fingerprint density at radius 1 is 1.17 bits per heavy atom. The lowest BCUT2D eigenvalue weighted by atomic mass is 10.2. The van der Waals surface area contributed by atoms with Crippen LogP contribution in [0, 0.1) is 0 Å². The normalized spacial score (nSPS) is 10.2. The van der Waals surface area contributed by atoms with Crippen LogP contribution in [0.3, 0.4) is 0 Å². The second-order valence-corrected chi connectivity index (χ2v) is 6.63. The highest BCUT2D eigenvalue weighted by atomic mass is 79.9. The zero-order valence-corrected chi connectivity index (χ0v) is 15.1. The van der Waals surface area contributed by atoms with Crippen LogP contribution in [0.5, 0.6) is 5.75 Å². The summed E-state index contributed by atoms with van der Waals surface area (Å²) in [5.41, 5.74) is 2.47. The minimum absolute atomic E-state index is 0.347. The van der Waals surface area contributed by atoms with Gasteiger partial charge in [0.05, 0.1) is 12.8 Å². The third kappa shape index (κ3) is 4.12. The Morgan fingerprint density at radius 2 is 1.96 bits per heavy atom. The molecule has 1 heterocycles. The third-order valence-corrected chi connectivity index (χ3v) is 4.48. The number of anilines is 2. The van der Waals surface area contributed by atoms with E-state index in [1.165, 1.54) is 11.3 Å². The van der Waals surface area contributed by atoms with Crippen molar-refractivity contribution in [2.75, 3.05) is 17.7 Å². The van der Waals surface area contributed by atoms with Crippen molar-refractivity contribution in [3.8, 4) is 17.0 Å². The molecule has 0 saturated carbocycles. The summed E-state index contributed by atoms with van der Waals surface area (Å²) < 4.78 is 6.14. The molecule has 122 valence electrons. The fraction of sp³-hybridized carbons (Fsp3) is 0.0588. The molecule has 3 aromatic rings. The number of aromatic nitrogens is 1. The van der Waals surface area contributed by atoms with E-state index in [2.05, 4.69) is 31.5 Å². The lowest BCUT2D eigenvalue weighted by Crippen LogP contribution is -2.19. The molecule has 7 heteroatoms. The van der Waals surface area contributed by atoms with E-state index in [0.717, 1.165) is 15.7 Å². The molecule has 2 amide bonds. The van der Waals surface area contributed by atoms with Gasteiger partial charge in [-0.15, -0.1) is 11.3 Å². The Bertz CT molecular complexity index is 849. The highest BCUT2D eigenvalue weighted by Gasteiger charge is 2.08. The first-order chi connectivity index (χ1) is 11.6. The van der Waals surface area contributed by atoms with Crippen LogP contribution < -0.4 is 15.4 Å². The number of ether oxygens (including phenoxy) is 1. The van der Waals surface area contributed by atoms with E-state index in [0.29, 0.717) is 16.6 Å². The molecule has 0 saturated heterocycles. The van der Waals surface area contributed by atoms with Crippen molar-refractivity contribution in [3.63, 3.8) is 0 Å². The Morgan fingerprint density at radius 3 is 2.71 bits per heavy atom. The smallest absolute Gasteiger partial charge is 0.325 e. The standard InChI is InChI=1S/C17H14BrN3O2S/c1-23-14-4-2-3-13(9-14)19-16(22)21-17-20-15(10-24-17)11-5-7-12(18)8-6-11/h2-10H,1H3,(H2,19,20,21,22). The summed E-state index contributed by atoms with van der Waals surface area (Å²) in [5, 5.41) is 7.93.